The van der Waals surface area contributed by atoms with E-state index in [9.17, 15) is 4.91 Å². The zero-order valence-electron chi connectivity index (χ0n) is 12.1. The molecule has 1 atom stereocenters. The lowest BCUT2D eigenvalue weighted by atomic mass is 9.90. The summed E-state index contributed by atoms with van der Waals surface area (Å²) in [5.74, 6) is 0.689. The molecule has 1 heterocycles. The molecule has 21 heavy (non-hydrogen) atoms. The van der Waals surface area contributed by atoms with Crippen LogP contribution in [0.3, 0.4) is 0 Å². The predicted octanol–water partition coefficient (Wildman–Crippen LogP) is 5.04. The van der Waals surface area contributed by atoms with Gasteiger partial charge in [0.15, 0.2) is 0 Å². The minimum absolute atomic E-state index is 0.142. The lowest BCUT2D eigenvalue weighted by Gasteiger charge is -2.15. The van der Waals surface area contributed by atoms with Crippen molar-refractivity contribution in [3.63, 3.8) is 0 Å². The molecule has 2 aliphatic rings. The summed E-state index contributed by atoms with van der Waals surface area (Å²) in [7, 11) is 0. The van der Waals surface area contributed by atoms with Gasteiger partial charge in [0.1, 0.15) is 6.04 Å². The van der Waals surface area contributed by atoms with E-state index >= 15 is 0 Å². The van der Waals surface area contributed by atoms with Gasteiger partial charge in [0.2, 0.25) is 0 Å². The number of hydrogen-bond donors (Lipinski definition) is 1. The molecule has 3 nitrogen and oxygen atoms in total. The van der Waals surface area contributed by atoms with E-state index in [1.165, 1.54) is 47.8 Å². The van der Waals surface area contributed by atoms with Crippen LogP contribution in [-0.4, -0.2) is 11.0 Å². The summed E-state index contributed by atoms with van der Waals surface area (Å²) in [5.41, 5.74) is 5.11. The molecule has 1 aromatic heterocycles. The number of H-pyrrole nitrogens is 1. The number of allylic oxidation sites excluding steroid dienone is 1. The van der Waals surface area contributed by atoms with Crippen LogP contribution in [0.15, 0.2) is 41.2 Å². The third-order valence-electron chi connectivity index (χ3n) is 5.21. The lowest BCUT2D eigenvalue weighted by molar-refractivity contribution is 0.618. The molecule has 2 aromatic rings. The van der Waals surface area contributed by atoms with E-state index in [1.807, 2.05) is 6.20 Å². The number of rotatable bonds is 3. The van der Waals surface area contributed by atoms with Gasteiger partial charge in [-0.25, -0.2) is 0 Å². The normalized spacial score (nSPS) is 23.3. The molecule has 1 saturated carbocycles. The van der Waals surface area contributed by atoms with Gasteiger partial charge >= 0.3 is 0 Å². The number of aromatic nitrogens is 1. The highest BCUT2D eigenvalue weighted by atomic mass is 16.3. The van der Waals surface area contributed by atoms with E-state index in [1.54, 1.807) is 0 Å². The third kappa shape index (κ3) is 2.11. The van der Waals surface area contributed by atoms with Crippen LogP contribution in [0.2, 0.25) is 0 Å². The number of fused-ring (bicyclic) bond motifs is 1. The van der Waals surface area contributed by atoms with E-state index < -0.39 is 0 Å². The van der Waals surface area contributed by atoms with Crippen molar-refractivity contribution in [2.75, 3.05) is 0 Å². The molecule has 1 aromatic carbocycles. The molecular formula is C18H20N2O. The minimum atomic E-state index is -0.142. The molecule has 0 amide bonds. The number of nitrogens with one attached hydrogen (secondary N) is 1. The van der Waals surface area contributed by atoms with Gasteiger partial charge in [-0.3, -0.25) is 0 Å². The second-order valence-corrected chi connectivity index (χ2v) is 6.36. The second kappa shape index (κ2) is 5.14. The van der Waals surface area contributed by atoms with E-state index in [0.29, 0.717) is 5.92 Å². The molecule has 1 fully saturated rings. The minimum Gasteiger partial charge on any atom is -0.361 e. The number of hydrogen-bond acceptors (Lipinski definition) is 2. The van der Waals surface area contributed by atoms with E-state index in [0.717, 1.165) is 18.4 Å². The van der Waals surface area contributed by atoms with Crippen LogP contribution in [0.4, 0.5) is 0 Å². The van der Waals surface area contributed by atoms with Gasteiger partial charge in [-0.2, -0.15) is 4.91 Å². The molecular weight excluding hydrogens is 260 g/mol. The first-order valence-corrected chi connectivity index (χ1v) is 8.00. The van der Waals surface area contributed by atoms with Crippen molar-refractivity contribution in [1.82, 2.24) is 4.98 Å². The summed E-state index contributed by atoms with van der Waals surface area (Å²) in [6.07, 6.45) is 9.16. The average Bonchev–Trinajstić information content (AvgIpc) is 3.24. The molecule has 2 aliphatic carbocycles. The van der Waals surface area contributed by atoms with Crippen molar-refractivity contribution in [3.05, 3.63) is 46.5 Å². The standard InChI is InChI=1S/C18H20N2O/c21-20-17-8-6-15(12-3-1-2-4-12)18(17)14-5-7-16-13(11-14)9-10-19-16/h5,7,9-12,17,19H,1-4,6,8H2. The fourth-order valence-electron chi connectivity index (χ4n) is 4.19. The van der Waals surface area contributed by atoms with Crippen LogP contribution in [0.5, 0.6) is 0 Å². The smallest absolute Gasteiger partial charge is 0.118 e. The average molecular weight is 280 g/mol. The van der Waals surface area contributed by atoms with Crippen molar-refractivity contribution >= 4 is 16.5 Å². The highest BCUT2D eigenvalue weighted by Crippen LogP contribution is 2.45. The molecule has 108 valence electrons. The first kappa shape index (κ1) is 12.8. The van der Waals surface area contributed by atoms with Crippen LogP contribution in [0.1, 0.15) is 44.1 Å². The first-order valence-electron chi connectivity index (χ1n) is 8.00. The van der Waals surface area contributed by atoms with Crippen molar-refractivity contribution in [3.8, 4) is 0 Å². The molecule has 0 bridgehead atoms. The maximum absolute atomic E-state index is 11.3. The number of nitroso groups, excluding NO2 is 1. The maximum atomic E-state index is 11.3. The Morgan fingerprint density at radius 2 is 1.95 bits per heavy atom. The van der Waals surface area contributed by atoms with Crippen LogP contribution in [-0.2, 0) is 0 Å². The van der Waals surface area contributed by atoms with Gasteiger partial charge in [-0.1, -0.05) is 29.7 Å². The fraction of sp³-hybridized carbons (Fsp3) is 0.444. The first-order chi connectivity index (χ1) is 10.4. The Labute approximate surface area is 124 Å². The number of aromatic amines is 1. The van der Waals surface area contributed by atoms with E-state index in [2.05, 4.69) is 34.4 Å². The van der Waals surface area contributed by atoms with Gasteiger partial charge in [-0.05, 0) is 66.3 Å². The van der Waals surface area contributed by atoms with Crippen molar-refractivity contribution < 1.29 is 0 Å². The van der Waals surface area contributed by atoms with Gasteiger partial charge < -0.3 is 4.98 Å². The quantitative estimate of drug-likeness (QED) is 0.786. The van der Waals surface area contributed by atoms with Gasteiger partial charge in [0.05, 0.1) is 0 Å². The Kier molecular flexibility index (Phi) is 3.13. The van der Waals surface area contributed by atoms with E-state index in [-0.39, 0.29) is 6.04 Å². The Bertz CT molecular complexity index is 707. The van der Waals surface area contributed by atoms with Crippen LogP contribution in [0.25, 0.3) is 16.5 Å². The zero-order valence-corrected chi connectivity index (χ0v) is 12.1. The molecule has 4 rings (SSSR count). The van der Waals surface area contributed by atoms with Crippen molar-refractivity contribution in [2.45, 2.75) is 44.6 Å². The van der Waals surface area contributed by atoms with Crippen LogP contribution < -0.4 is 0 Å². The van der Waals surface area contributed by atoms with E-state index in [4.69, 9.17) is 0 Å². The molecule has 1 N–H and O–H groups in total. The van der Waals surface area contributed by atoms with Crippen LogP contribution in [0, 0.1) is 10.8 Å². The predicted molar refractivity (Wildman–Crippen MR) is 86.0 cm³/mol. The third-order valence-corrected chi connectivity index (χ3v) is 5.21. The summed E-state index contributed by atoms with van der Waals surface area (Å²) >= 11 is 0. The largest absolute Gasteiger partial charge is 0.361 e. The Morgan fingerprint density at radius 3 is 2.76 bits per heavy atom. The summed E-state index contributed by atoms with van der Waals surface area (Å²) in [5, 5.41) is 4.63. The highest BCUT2D eigenvalue weighted by molar-refractivity contribution is 5.86. The summed E-state index contributed by atoms with van der Waals surface area (Å²) in [6.45, 7) is 0. The SMILES string of the molecule is O=NC1CCC(C2CCCC2)=C1c1ccc2[nH]ccc2c1. The maximum Gasteiger partial charge on any atom is 0.118 e. The molecule has 0 aliphatic heterocycles. The molecule has 3 heteroatoms. The topological polar surface area (TPSA) is 45.2 Å². The molecule has 0 saturated heterocycles. The summed E-state index contributed by atoms with van der Waals surface area (Å²) in [6, 6.07) is 8.42. The van der Waals surface area contributed by atoms with Gasteiger partial charge in [-0.15, -0.1) is 0 Å². The van der Waals surface area contributed by atoms with Crippen molar-refractivity contribution in [2.24, 2.45) is 11.1 Å². The number of nitrogens with zero attached hydrogens (tertiary/aromatic N) is 1. The van der Waals surface area contributed by atoms with Gasteiger partial charge in [0, 0.05) is 11.7 Å². The second-order valence-electron chi connectivity index (χ2n) is 6.36. The monoisotopic (exact) mass is 280 g/mol. The van der Waals surface area contributed by atoms with Crippen LogP contribution >= 0.6 is 0 Å². The Hall–Kier alpha value is -1.90. The lowest BCUT2D eigenvalue weighted by Crippen LogP contribution is -2.04. The fourth-order valence-corrected chi connectivity index (χ4v) is 4.19. The molecule has 1 unspecified atom stereocenters. The zero-order chi connectivity index (χ0) is 14.2. The molecule has 0 spiro atoms. The Morgan fingerprint density at radius 1 is 1.10 bits per heavy atom. The number of benzene rings is 1. The Balaban J connectivity index is 1.83. The van der Waals surface area contributed by atoms with Crippen molar-refractivity contribution in [1.29, 1.82) is 0 Å². The van der Waals surface area contributed by atoms with Gasteiger partial charge in [0.25, 0.3) is 0 Å². The summed E-state index contributed by atoms with van der Waals surface area (Å²) in [4.78, 5) is 14.5. The summed E-state index contributed by atoms with van der Waals surface area (Å²) < 4.78 is 0. The highest BCUT2D eigenvalue weighted by Gasteiger charge is 2.32. The molecule has 0 radical (unpaired) electrons.